The van der Waals surface area contributed by atoms with Crippen LogP contribution in [0.15, 0.2) is 24.3 Å². The topological polar surface area (TPSA) is 29.1 Å². The first-order valence-corrected chi connectivity index (χ1v) is 5.68. The van der Waals surface area contributed by atoms with Crippen LogP contribution in [-0.2, 0) is 10.3 Å². The lowest BCUT2D eigenvalue weighted by molar-refractivity contribution is -0.127. The molecule has 0 heterocycles. The van der Waals surface area contributed by atoms with E-state index >= 15 is 0 Å². The molecule has 3 heteroatoms. The van der Waals surface area contributed by atoms with Crippen LogP contribution in [0.4, 0.5) is 4.39 Å². The molecule has 2 rings (SSSR count). The summed E-state index contributed by atoms with van der Waals surface area (Å²) in [4.78, 5) is 12.1. The van der Waals surface area contributed by atoms with Gasteiger partial charge in [0.15, 0.2) is 5.78 Å². The van der Waals surface area contributed by atoms with Crippen LogP contribution in [0.3, 0.4) is 0 Å². The summed E-state index contributed by atoms with van der Waals surface area (Å²) >= 11 is 0. The van der Waals surface area contributed by atoms with Crippen molar-refractivity contribution in [2.45, 2.75) is 31.2 Å². The van der Waals surface area contributed by atoms with Crippen molar-refractivity contribution >= 4 is 5.78 Å². The first kappa shape index (κ1) is 11.3. The lowest BCUT2D eigenvalue weighted by atomic mass is 9.75. The van der Waals surface area contributed by atoms with Crippen molar-refractivity contribution in [3.8, 4) is 0 Å². The quantitative estimate of drug-likeness (QED) is 0.830. The third-order valence-corrected chi connectivity index (χ3v) is 3.44. The van der Waals surface area contributed by atoms with Crippen LogP contribution in [0.5, 0.6) is 0 Å². The van der Waals surface area contributed by atoms with Gasteiger partial charge in [-0.1, -0.05) is 24.6 Å². The van der Waals surface area contributed by atoms with Crippen LogP contribution < -0.4 is 5.32 Å². The summed E-state index contributed by atoms with van der Waals surface area (Å²) in [6, 6.07) is 6.54. The van der Waals surface area contributed by atoms with E-state index in [1.807, 2.05) is 0 Å². The van der Waals surface area contributed by atoms with Gasteiger partial charge in [-0.15, -0.1) is 0 Å². The van der Waals surface area contributed by atoms with Gasteiger partial charge in [0, 0.05) is 12.0 Å². The monoisotopic (exact) mass is 221 g/mol. The van der Waals surface area contributed by atoms with Crippen molar-refractivity contribution < 1.29 is 9.18 Å². The summed E-state index contributed by atoms with van der Waals surface area (Å²) in [6.07, 6.45) is 3.09. The van der Waals surface area contributed by atoms with Crippen LogP contribution >= 0.6 is 0 Å². The summed E-state index contributed by atoms with van der Waals surface area (Å²) in [5.74, 6) is -0.196. The van der Waals surface area contributed by atoms with Crippen molar-refractivity contribution in [2.24, 2.45) is 0 Å². The van der Waals surface area contributed by atoms with Gasteiger partial charge in [0.05, 0.1) is 0 Å². The molecule has 1 aromatic rings. The second-order valence-corrected chi connectivity index (χ2v) is 4.27. The zero-order valence-corrected chi connectivity index (χ0v) is 9.42. The maximum absolute atomic E-state index is 13.8. The fraction of sp³-hybridized carbons (Fsp3) is 0.462. The highest BCUT2D eigenvalue weighted by molar-refractivity contribution is 5.90. The molecular formula is C13H16FNO. The number of hydrogen-bond acceptors (Lipinski definition) is 2. The van der Waals surface area contributed by atoms with Gasteiger partial charge in [0.2, 0.25) is 0 Å². The lowest BCUT2D eigenvalue weighted by Gasteiger charge is -2.36. The number of hydrogen-bond donors (Lipinski definition) is 1. The van der Waals surface area contributed by atoms with Gasteiger partial charge in [-0.3, -0.25) is 4.79 Å². The number of carbonyl (C=O) groups excluding carboxylic acids is 1. The lowest BCUT2D eigenvalue weighted by Crippen LogP contribution is -2.49. The number of Topliss-reactive ketones (excluding diaryl/α,β-unsaturated/α-hetero) is 1. The number of benzene rings is 1. The zero-order chi connectivity index (χ0) is 11.6. The Morgan fingerprint density at radius 2 is 2.06 bits per heavy atom. The number of halogens is 1. The molecule has 0 saturated heterocycles. The predicted molar refractivity (Wildman–Crippen MR) is 60.6 cm³/mol. The molecule has 1 saturated carbocycles. The van der Waals surface area contributed by atoms with Gasteiger partial charge >= 0.3 is 0 Å². The maximum Gasteiger partial charge on any atom is 0.157 e. The van der Waals surface area contributed by atoms with Crippen LogP contribution in [0.2, 0.25) is 0 Å². The van der Waals surface area contributed by atoms with Crippen molar-refractivity contribution in [1.29, 1.82) is 0 Å². The number of rotatable bonds is 2. The van der Waals surface area contributed by atoms with Gasteiger partial charge in [0.25, 0.3) is 0 Å². The minimum atomic E-state index is -0.802. The Labute approximate surface area is 94.9 Å². The van der Waals surface area contributed by atoms with Crippen LogP contribution in [-0.4, -0.2) is 12.8 Å². The first-order valence-electron chi connectivity index (χ1n) is 5.68. The van der Waals surface area contributed by atoms with Gasteiger partial charge in [-0.25, -0.2) is 4.39 Å². The molecule has 0 radical (unpaired) electrons. The van der Waals surface area contributed by atoms with Crippen molar-refractivity contribution in [3.05, 3.63) is 35.6 Å². The molecule has 86 valence electrons. The summed E-state index contributed by atoms with van der Waals surface area (Å²) in [7, 11) is 1.73. The van der Waals surface area contributed by atoms with E-state index in [9.17, 15) is 9.18 Å². The van der Waals surface area contributed by atoms with Gasteiger partial charge in [-0.2, -0.15) is 0 Å². The third kappa shape index (κ3) is 1.65. The number of ketones is 1. The molecule has 0 unspecified atom stereocenters. The van der Waals surface area contributed by atoms with Gasteiger partial charge in [0.1, 0.15) is 11.4 Å². The zero-order valence-electron chi connectivity index (χ0n) is 9.42. The van der Waals surface area contributed by atoms with Crippen molar-refractivity contribution in [3.63, 3.8) is 0 Å². The normalized spacial score (nSPS) is 25.8. The highest BCUT2D eigenvalue weighted by Crippen LogP contribution is 2.35. The molecule has 1 aliphatic carbocycles. The second kappa shape index (κ2) is 4.34. The minimum Gasteiger partial charge on any atom is -0.304 e. The van der Waals surface area contributed by atoms with Crippen LogP contribution in [0, 0.1) is 5.82 Å². The van der Waals surface area contributed by atoms with E-state index in [0.29, 0.717) is 18.4 Å². The summed E-state index contributed by atoms with van der Waals surface area (Å²) in [6.45, 7) is 0. The van der Waals surface area contributed by atoms with Crippen molar-refractivity contribution in [2.75, 3.05) is 7.05 Å². The Balaban J connectivity index is 2.48. The Morgan fingerprint density at radius 3 is 2.69 bits per heavy atom. The minimum absolute atomic E-state index is 0.103. The van der Waals surface area contributed by atoms with Crippen molar-refractivity contribution in [1.82, 2.24) is 5.32 Å². The predicted octanol–water partition coefficient (Wildman–Crippen LogP) is 2.38. The smallest absolute Gasteiger partial charge is 0.157 e. The van der Waals surface area contributed by atoms with Gasteiger partial charge < -0.3 is 5.32 Å². The molecule has 0 bridgehead atoms. The molecule has 2 nitrogen and oxygen atoms in total. The molecule has 16 heavy (non-hydrogen) atoms. The van der Waals surface area contributed by atoms with E-state index in [0.717, 1.165) is 12.8 Å². The van der Waals surface area contributed by atoms with Gasteiger partial charge in [-0.05, 0) is 26.0 Å². The van der Waals surface area contributed by atoms with E-state index < -0.39 is 5.54 Å². The highest BCUT2D eigenvalue weighted by Gasteiger charge is 2.41. The molecule has 0 amide bonds. The molecule has 0 spiro atoms. The van der Waals surface area contributed by atoms with E-state index in [-0.39, 0.29) is 11.6 Å². The molecule has 1 aliphatic rings. The summed E-state index contributed by atoms with van der Waals surface area (Å²) in [5, 5.41) is 3.03. The summed E-state index contributed by atoms with van der Waals surface area (Å²) < 4.78 is 13.8. The van der Waals surface area contributed by atoms with E-state index in [1.54, 1.807) is 25.2 Å². The molecule has 1 atom stereocenters. The van der Waals surface area contributed by atoms with Crippen LogP contribution in [0.1, 0.15) is 31.2 Å². The largest absolute Gasteiger partial charge is 0.304 e. The SMILES string of the molecule is CN[C@]1(c2ccccc2F)CCCCC1=O. The average Bonchev–Trinajstić information content (AvgIpc) is 2.31. The third-order valence-electron chi connectivity index (χ3n) is 3.44. The molecule has 0 aromatic heterocycles. The molecular weight excluding hydrogens is 205 g/mol. The molecule has 1 N–H and O–H groups in total. The fourth-order valence-electron chi connectivity index (χ4n) is 2.52. The standard InChI is InChI=1S/C13H16FNO/c1-15-13(9-5-4-8-12(13)16)10-6-2-3-7-11(10)14/h2-3,6-7,15H,4-5,8-9H2,1H3/t13-/m0/s1. The maximum atomic E-state index is 13.8. The number of nitrogens with one attached hydrogen (secondary N) is 1. The Bertz CT molecular complexity index is 405. The Kier molecular flexibility index (Phi) is 3.06. The number of likely N-dealkylation sites (N-methyl/N-ethyl adjacent to an activating group) is 1. The Hall–Kier alpha value is -1.22. The first-order chi connectivity index (χ1) is 7.70. The average molecular weight is 221 g/mol. The van der Waals surface area contributed by atoms with E-state index in [4.69, 9.17) is 0 Å². The second-order valence-electron chi connectivity index (χ2n) is 4.27. The summed E-state index contributed by atoms with van der Waals surface area (Å²) in [5.41, 5.74) is -0.314. The molecule has 1 aromatic carbocycles. The highest BCUT2D eigenvalue weighted by atomic mass is 19.1. The number of carbonyl (C=O) groups is 1. The van der Waals surface area contributed by atoms with E-state index in [2.05, 4.69) is 5.32 Å². The Morgan fingerprint density at radius 1 is 1.31 bits per heavy atom. The fourth-order valence-corrected chi connectivity index (χ4v) is 2.52. The van der Waals surface area contributed by atoms with Crippen LogP contribution in [0.25, 0.3) is 0 Å². The molecule has 0 aliphatic heterocycles. The molecule has 1 fully saturated rings. The van der Waals surface area contributed by atoms with E-state index in [1.165, 1.54) is 6.07 Å².